The number of ether oxygens (including phenoxy) is 2. The van der Waals surface area contributed by atoms with Crippen molar-refractivity contribution in [3.05, 3.63) is 40.0 Å². The van der Waals surface area contributed by atoms with E-state index < -0.39 is 11.4 Å². The molecule has 2 aliphatic heterocycles. The van der Waals surface area contributed by atoms with Gasteiger partial charge < -0.3 is 14.4 Å². The zero-order chi connectivity index (χ0) is 19.8. The van der Waals surface area contributed by atoms with Crippen molar-refractivity contribution < 1.29 is 18.7 Å². The van der Waals surface area contributed by atoms with Crippen molar-refractivity contribution in [1.82, 2.24) is 9.80 Å². The SMILES string of the molecule is [C-]#[N+]c1c(F)ccc([C@H]2CN3CCN(C(=O)OC(C)(C)C)C[C@@H]3CO2)c1Cl. The topological polar surface area (TPSA) is 46.4 Å². The van der Waals surface area contributed by atoms with E-state index in [2.05, 4.69) is 9.74 Å². The van der Waals surface area contributed by atoms with Crippen LogP contribution in [0.5, 0.6) is 0 Å². The number of hydrogen-bond acceptors (Lipinski definition) is 4. The van der Waals surface area contributed by atoms with Gasteiger partial charge in [0.25, 0.3) is 0 Å². The van der Waals surface area contributed by atoms with Crippen LogP contribution in [-0.4, -0.2) is 60.3 Å². The third kappa shape index (κ3) is 4.34. The van der Waals surface area contributed by atoms with E-state index in [4.69, 9.17) is 27.6 Å². The summed E-state index contributed by atoms with van der Waals surface area (Å²) in [6, 6.07) is 2.90. The molecule has 2 aliphatic rings. The first kappa shape index (κ1) is 19.9. The number of rotatable bonds is 1. The molecule has 0 N–H and O–H groups in total. The Hall–Kier alpha value is -1.88. The van der Waals surface area contributed by atoms with Gasteiger partial charge in [-0.3, -0.25) is 4.90 Å². The molecule has 0 spiro atoms. The van der Waals surface area contributed by atoms with Gasteiger partial charge in [0.15, 0.2) is 0 Å². The maximum Gasteiger partial charge on any atom is 0.410 e. The number of carbonyl (C=O) groups is 1. The van der Waals surface area contributed by atoms with Crippen LogP contribution in [0.25, 0.3) is 4.85 Å². The van der Waals surface area contributed by atoms with Crippen LogP contribution in [-0.2, 0) is 9.47 Å². The molecule has 2 atom stereocenters. The Morgan fingerprint density at radius 2 is 2.11 bits per heavy atom. The van der Waals surface area contributed by atoms with Crippen molar-refractivity contribution in [1.29, 1.82) is 0 Å². The lowest BCUT2D eigenvalue weighted by atomic mass is 10.0. The standard InChI is InChI=1S/C19H23ClFN3O3/c1-19(2,3)27-18(25)24-8-7-23-10-15(26-11-12(23)9-24)13-5-6-14(21)17(22-4)16(13)20/h5-6,12,15H,7-11H2,1-3H3/t12-,15-/m1/s1. The molecule has 0 saturated carbocycles. The molecule has 0 aliphatic carbocycles. The largest absolute Gasteiger partial charge is 0.444 e. The van der Waals surface area contributed by atoms with E-state index in [1.807, 2.05) is 20.8 Å². The number of piperazine rings is 1. The Bertz CT molecular complexity index is 775. The highest BCUT2D eigenvalue weighted by atomic mass is 35.5. The second-order valence-electron chi connectivity index (χ2n) is 7.81. The molecule has 2 fully saturated rings. The Balaban J connectivity index is 1.67. The Labute approximate surface area is 163 Å². The van der Waals surface area contributed by atoms with Crippen LogP contribution in [0.4, 0.5) is 14.9 Å². The van der Waals surface area contributed by atoms with Crippen LogP contribution in [0.3, 0.4) is 0 Å². The quantitative estimate of drug-likeness (QED) is 0.674. The Morgan fingerprint density at radius 1 is 1.37 bits per heavy atom. The van der Waals surface area contributed by atoms with E-state index in [-0.39, 0.29) is 28.9 Å². The summed E-state index contributed by atoms with van der Waals surface area (Å²) in [6.07, 6.45) is -0.643. The highest BCUT2D eigenvalue weighted by molar-refractivity contribution is 6.34. The fourth-order valence-corrected chi connectivity index (χ4v) is 3.69. The molecule has 146 valence electrons. The van der Waals surface area contributed by atoms with Crippen LogP contribution in [0.2, 0.25) is 5.02 Å². The van der Waals surface area contributed by atoms with Crippen molar-refractivity contribution in [2.24, 2.45) is 0 Å². The van der Waals surface area contributed by atoms with Gasteiger partial charge in [0, 0.05) is 26.2 Å². The number of amides is 1. The van der Waals surface area contributed by atoms with Gasteiger partial charge in [-0.25, -0.2) is 14.0 Å². The van der Waals surface area contributed by atoms with Crippen molar-refractivity contribution in [3.63, 3.8) is 0 Å². The minimum absolute atomic E-state index is 0.0714. The number of halogens is 2. The first-order valence-corrected chi connectivity index (χ1v) is 9.26. The van der Waals surface area contributed by atoms with Crippen LogP contribution in [0.1, 0.15) is 32.4 Å². The molecule has 27 heavy (non-hydrogen) atoms. The fraction of sp³-hybridized carbons (Fsp3) is 0.579. The molecule has 1 aromatic carbocycles. The van der Waals surface area contributed by atoms with Gasteiger partial charge in [0.2, 0.25) is 5.69 Å². The lowest BCUT2D eigenvalue weighted by Gasteiger charge is -2.46. The van der Waals surface area contributed by atoms with Crippen molar-refractivity contribution >= 4 is 23.4 Å². The zero-order valence-corrected chi connectivity index (χ0v) is 16.4. The number of fused-ring (bicyclic) bond motifs is 1. The van der Waals surface area contributed by atoms with Gasteiger partial charge >= 0.3 is 6.09 Å². The summed E-state index contributed by atoms with van der Waals surface area (Å²) >= 11 is 6.23. The fourth-order valence-electron chi connectivity index (χ4n) is 3.37. The van der Waals surface area contributed by atoms with Crippen LogP contribution >= 0.6 is 11.6 Å². The van der Waals surface area contributed by atoms with Crippen LogP contribution in [0, 0.1) is 12.4 Å². The lowest BCUT2D eigenvalue weighted by Crippen LogP contribution is -2.60. The summed E-state index contributed by atoms with van der Waals surface area (Å²) in [5, 5.41) is 0.112. The summed E-state index contributed by atoms with van der Waals surface area (Å²) in [7, 11) is 0. The summed E-state index contributed by atoms with van der Waals surface area (Å²) in [5.41, 5.74) is -0.0748. The molecule has 0 bridgehead atoms. The molecular weight excluding hydrogens is 373 g/mol. The molecule has 6 nitrogen and oxygen atoms in total. The molecule has 1 aromatic rings. The Morgan fingerprint density at radius 3 is 2.78 bits per heavy atom. The lowest BCUT2D eigenvalue weighted by molar-refractivity contribution is -0.0906. The van der Waals surface area contributed by atoms with Gasteiger partial charge in [-0.1, -0.05) is 17.7 Å². The predicted octanol–water partition coefficient (Wildman–Crippen LogP) is 4.02. The molecule has 0 unspecified atom stereocenters. The van der Waals surface area contributed by atoms with Crippen LogP contribution < -0.4 is 0 Å². The smallest absolute Gasteiger partial charge is 0.410 e. The van der Waals surface area contributed by atoms with E-state index in [1.54, 1.807) is 11.0 Å². The van der Waals surface area contributed by atoms with E-state index in [0.717, 1.165) is 0 Å². The van der Waals surface area contributed by atoms with Crippen molar-refractivity contribution in [2.45, 2.75) is 38.5 Å². The normalized spacial score (nSPS) is 23.5. The van der Waals surface area contributed by atoms with E-state index >= 15 is 0 Å². The zero-order valence-electron chi connectivity index (χ0n) is 15.7. The molecule has 3 rings (SSSR count). The molecular formula is C19H23ClFN3O3. The average molecular weight is 396 g/mol. The molecule has 0 radical (unpaired) electrons. The molecule has 1 amide bonds. The number of nitrogens with zero attached hydrogens (tertiary/aromatic N) is 3. The van der Waals surface area contributed by atoms with E-state index in [0.29, 0.717) is 38.3 Å². The van der Waals surface area contributed by atoms with Crippen LogP contribution in [0.15, 0.2) is 12.1 Å². The van der Waals surface area contributed by atoms with Crippen molar-refractivity contribution in [3.8, 4) is 0 Å². The van der Waals surface area contributed by atoms with E-state index in [1.165, 1.54) is 6.07 Å². The molecule has 2 saturated heterocycles. The summed E-state index contributed by atoms with van der Waals surface area (Å²) in [5.74, 6) is -0.626. The van der Waals surface area contributed by atoms with Gasteiger partial charge in [0.1, 0.15) is 11.4 Å². The minimum Gasteiger partial charge on any atom is -0.444 e. The minimum atomic E-state index is -0.626. The first-order chi connectivity index (χ1) is 12.7. The summed E-state index contributed by atoms with van der Waals surface area (Å²) in [4.78, 5) is 19.4. The molecule has 0 aromatic heterocycles. The Kier molecular flexibility index (Phi) is 5.61. The third-order valence-electron chi connectivity index (χ3n) is 4.70. The highest BCUT2D eigenvalue weighted by Gasteiger charge is 2.37. The predicted molar refractivity (Wildman–Crippen MR) is 99.5 cm³/mol. The number of benzene rings is 1. The number of carbonyl (C=O) groups excluding carboxylic acids is 1. The van der Waals surface area contributed by atoms with Gasteiger partial charge in [-0.05, 0) is 32.4 Å². The molecule has 2 heterocycles. The molecule has 8 heteroatoms. The number of morpholine rings is 1. The van der Waals surface area contributed by atoms with Crippen molar-refractivity contribution in [2.75, 3.05) is 32.8 Å². The first-order valence-electron chi connectivity index (χ1n) is 8.88. The monoisotopic (exact) mass is 395 g/mol. The maximum atomic E-state index is 13.7. The van der Waals surface area contributed by atoms with Gasteiger partial charge in [0.05, 0.1) is 30.3 Å². The second kappa shape index (κ2) is 7.63. The summed E-state index contributed by atoms with van der Waals surface area (Å²) < 4.78 is 25.1. The average Bonchev–Trinajstić information content (AvgIpc) is 2.60. The van der Waals surface area contributed by atoms with Gasteiger partial charge in [-0.15, -0.1) is 0 Å². The second-order valence-corrected chi connectivity index (χ2v) is 8.19. The highest BCUT2D eigenvalue weighted by Crippen LogP contribution is 2.38. The maximum absolute atomic E-state index is 13.7. The van der Waals surface area contributed by atoms with E-state index in [9.17, 15) is 9.18 Å². The van der Waals surface area contributed by atoms with Gasteiger partial charge in [-0.2, -0.15) is 0 Å². The summed E-state index contributed by atoms with van der Waals surface area (Å²) in [6.45, 7) is 15.4. The third-order valence-corrected chi connectivity index (χ3v) is 5.10. The number of hydrogen-bond donors (Lipinski definition) is 0.